The molecule has 0 aliphatic heterocycles. The van der Waals surface area contributed by atoms with E-state index in [2.05, 4.69) is 5.32 Å². The molecular weight excluding hydrogens is 351 g/mol. The minimum atomic E-state index is 0.0291. The first-order valence-electron chi connectivity index (χ1n) is 7.78. The van der Waals surface area contributed by atoms with Gasteiger partial charge in [-0.25, -0.2) is 0 Å². The zero-order valence-corrected chi connectivity index (χ0v) is 15.2. The number of halogens is 2. The summed E-state index contributed by atoms with van der Waals surface area (Å²) in [4.78, 5) is 12.2. The molecule has 124 valence electrons. The topological polar surface area (TPSA) is 52.9 Å². The molecule has 0 bridgehead atoms. The average Bonchev–Trinajstić information content (AvgIpc) is 2.55. The van der Waals surface area contributed by atoms with Gasteiger partial charge in [-0.3, -0.25) is 4.79 Å². The number of hydrogen-bond acceptors (Lipinski definition) is 3. The average molecular weight is 371 g/mol. The molecule has 0 aromatic heterocycles. The predicted octanol–water partition coefficient (Wildman–Crippen LogP) is 4.67. The molecule has 1 N–H and O–H groups in total. The van der Waals surface area contributed by atoms with Crippen LogP contribution in [0.4, 0.5) is 0 Å². The van der Waals surface area contributed by atoms with Crippen LogP contribution in [0.2, 0.25) is 10.0 Å². The largest absolute Gasteiger partial charge is 0.343 e. The molecule has 6 heteroatoms. The molecule has 1 aromatic rings. The van der Waals surface area contributed by atoms with Gasteiger partial charge in [-0.05, 0) is 42.2 Å². The van der Waals surface area contributed by atoms with Gasteiger partial charge in [0, 0.05) is 21.7 Å². The monoisotopic (exact) mass is 370 g/mol. The van der Waals surface area contributed by atoms with Gasteiger partial charge < -0.3 is 5.32 Å². The summed E-state index contributed by atoms with van der Waals surface area (Å²) in [6.45, 7) is 0.0928. The Morgan fingerprint density at radius 1 is 1.35 bits per heavy atom. The normalized spacial score (nSPS) is 20.7. The predicted molar refractivity (Wildman–Crippen MR) is 96.7 cm³/mol. The van der Waals surface area contributed by atoms with Crippen molar-refractivity contribution in [3.8, 4) is 6.07 Å². The van der Waals surface area contributed by atoms with E-state index in [9.17, 15) is 4.79 Å². The summed E-state index contributed by atoms with van der Waals surface area (Å²) in [6, 6.07) is 7.53. The van der Waals surface area contributed by atoms with Crippen molar-refractivity contribution in [1.82, 2.24) is 5.32 Å². The second kappa shape index (κ2) is 9.42. The van der Waals surface area contributed by atoms with Gasteiger partial charge in [-0.1, -0.05) is 42.1 Å². The maximum absolute atomic E-state index is 12.2. The van der Waals surface area contributed by atoms with Gasteiger partial charge in [0.1, 0.15) is 6.54 Å². The molecule has 3 nitrogen and oxygen atoms in total. The van der Waals surface area contributed by atoms with E-state index in [1.807, 2.05) is 18.2 Å². The first kappa shape index (κ1) is 18.4. The van der Waals surface area contributed by atoms with Crippen molar-refractivity contribution in [3.63, 3.8) is 0 Å². The van der Waals surface area contributed by atoms with E-state index in [0.29, 0.717) is 16.0 Å². The van der Waals surface area contributed by atoms with Gasteiger partial charge in [0.2, 0.25) is 5.91 Å². The van der Waals surface area contributed by atoms with Gasteiger partial charge in [-0.2, -0.15) is 17.0 Å². The third-order valence-corrected chi connectivity index (χ3v) is 5.96. The summed E-state index contributed by atoms with van der Waals surface area (Å²) < 4.78 is 0. The quantitative estimate of drug-likeness (QED) is 0.739. The molecule has 1 aromatic carbocycles. The van der Waals surface area contributed by atoms with Gasteiger partial charge in [0.15, 0.2) is 0 Å². The van der Waals surface area contributed by atoms with E-state index in [1.165, 1.54) is 6.42 Å². The van der Waals surface area contributed by atoms with Gasteiger partial charge in [0.25, 0.3) is 0 Å². The highest BCUT2D eigenvalue weighted by atomic mass is 35.5. The number of benzene rings is 1. The minimum absolute atomic E-state index is 0.0291. The lowest BCUT2D eigenvalue weighted by atomic mass is 9.80. The Balaban J connectivity index is 1.87. The summed E-state index contributed by atoms with van der Waals surface area (Å²) in [6.07, 6.45) is 4.26. The first-order chi connectivity index (χ1) is 11.1. The fourth-order valence-corrected chi connectivity index (χ4v) is 4.81. The molecule has 1 aliphatic carbocycles. The Kier molecular flexibility index (Phi) is 7.55. The highest BCUT2D eigenvalue weighted by Crippen LogP contribution is 2.34. The summed E-state index contributed by atoms with van der Waals surface area (Å²) in [5.74, 6) is 2.19. The Hall–Kier alpha value is -0.890. The van der Waals surface area contributed by atoms with E-state index in [1.54, 1.807) is 17.8 Å². The molecule has 0 heterocycles. The van der Waals surface area contributed by atoms with Crippen LogP contribution in [-0.4, -0.2) is 18.2 Å². The second-order valence-corrected chi connectivity index (χ2v) is 7.65. The number of carbonyl (C=O) groups excluding carboxylic acids is 1. The molecule has 2 atom stereocenters. The highest BCUT2D eigenvalue weighted by Gasteiger charge is 2.30. The Morgan fingerprint density at radius 2 is 2.13 bits per heavy atom. The van der Waals surface area contributed by atoms with Crippen molar-refractivity contribution >= 4 is 40.9 Å². The molecule has 0 spiro atoms. The van der Waals surface area contributed by atoms with Gasteiger partial charge >= 0.3 is 0 Å². The lowest BCUT2D eigenvalue weighted by Gasteiger charge is -2.30. The van der Waals surface area contributed by atoms with Crippen LogP contribution >= 0.6 is 35.0 Å². The van der Waals surface area contributed by atoms with E-state index in [4.69, 9.17) is 28.5 Å². The van der Waals surface area contributed by atoms with Crippen LogP contribution < -0.4 is 5.32 Å². The van der Waals surface area contributed by atoms with E-state index in [0.717, 1.165) is 36.3 Å². The molecule has 0 radical (unpaired) electrons. The lowest BCUT2D eigenvalue weighted by Crippen LogP contribution is -2.37. The van der Waals surface area contributed by atoms with Crippen molar-refractivity contribution in [1.29, 1.82) is 5.26 Å². The molecule has 0 saturated heterocycles. The molecule has 1 fully saturated rings. The number of nitriles is 1. The zero-order valence-electron chi connectivity index (χ0n) is 12.9. The van der Waals surface area contributed by atoms with Crippen molar-refractivity contribution in [3.05, 3.63) is 33.8 Å². The summed E-state index contributed by atoms with van der Waals surface area (Å²) in [7, 11) is 0. The molecule has 1 saturated carbocycles. The third kappa shape index (κ3) is 5.60. The molecule has 2 rings (SSSR count). The SMILES string of the molecule is N#CCNC(=O)[C@H]1CCCC[C@@H]1CSCc1ccc(Cl)cc1Cl. The second-order valence-electron chi connectivity index (χ2n) is 5.78. The van der Waals surface area contributed by atoms with E-state index in [-0.39, 0.29) is 18.4 Å². The van der Waals surface area contributed by atoms with Crippen LogP contribution in [0.25, 0.3) is 0 Å². The van der Waals surface area contributed by atoms with Crippen LogP contribution in [0, 0.1) is 23.2 Å². The Labute approximate surface area is 151 Å². The van der Waals surface area contributed by atoms with E-state index >= 15 is 0 Å². The maximum atomic E-state index is 12.2. The molecule has 0 unspecified atom stereocenters. The molecule has 1 aliphatic rings. The van der Waals surface area contributed by atoms with Crippen LogP contribution in [0.3, 0.4) is 0 Å². The van der Waals surface area contributed by atoms with Crippen molar-refractivity contribution in [2.24, 2.45) is 11.8 Å². The summed E-state index contributed by atoms with van der Waals surface area (Å²) >= 11 is 13.9. The van der Waals surface area contributed by atoms with Gasteiger partial charge in [0.05, 0.1) is 6.07 Å². The third-order valence-electron chi connectivity index (χ3n) is 4.19. The summed E-state index contributed by atoms with van der Waals surface area (Å²) in [5.41, 5.74) is 1.07. The maximum Gasteiger partial charge on any atom is 0.224 e. The first-order valence-corrected chi connectivity index (χ1v) is 9.69. The van der Waals surface area contributed by atoms with Crippen LogP contribution in [-0.2, 0) is 10.5 Å². The van der Waals surface area contributed by atoms with E-state index < -0.39 is 0 Å². The standard InChI is InChI=1S/C17H20Cl2N2OS/c18-14-6-5-13(16(19)9-14)11-23-10-12-3-1-2-4-15(12)17(22)21-8-7-20/h5-6,9,12,15H,1-4,8,10-11H2,(H,21,22)/t12-,15+/m1/s1. The Morgan fingerprint density at radius 3 is 2.87 bits per heavy atom. The minimum Gasteiger partial charge on any atom is -0.343 e. The van der Waals surface area contributed by atoms with Crippen LogP contribution in [0.1, 0.15) is 31.2 Å². The highest BCUT2D eigenvalue weighted by molar-refractivity contribution is 7.98. The number of nitrogens with zero attached hydrogens (tertiary/aromatic N) is 1. The number of amides is 1. The fourth-order valence-electron chi connectivity index (χ4n) is 2.97. The van der Waals surface area contributed by atoms with Crippen molar-refractivity contribution in [2.75, 3.05) is 12.3 Å². The Bertz CT molecular complexity index is 588. The smallest absolute Gasteiger partial charge is 0.224 e. The number of rotatable bonds is 6. The molecule has 23 heavy (non-hydrogen) atoms. The number of thioether (sulfide) groups is 1. The fraction of sp³-hybridized carbons (Fsp3) is 0.529. The lowest BCUT2D eigenvalue weighted by molar-refractivity contribution is -0.127. The molecular formula is C17H20Cl2N2OS. The molecule has 1 amide bonds. The van der Waals surface area contributed by atoms with Crippen LogP contribution in [0.15, 0.2) is 18.2 Å². The number of nitrogens with one attached hydrogen (secondary N) is 1. The zero-order chi connectivity index (χ0) is 16.7. The summed E-state index contributed by atoms with van der Waals surface area (Å²) in [5, 5.41) is 12.6. The number of carbonyl (C=O) groups is 1. The van der Waals surface area contributed by atoms with Crippen LogP contribution in [0.5, 0.6) is 0 Å². The van der Waals surface area contributed by atoms with Crippen molar-refractivity contribution in [2.45, 2.75) is 31.4 Å². The van der Waals surface area contributed by atoms with Gasteiger partial charge in [-0.15, -0.1) is 0 Å². The van der Waals surface area contributed by atoms with Crippen molar-refractivity contribution < 1.29 is 4.79 Å². The number of hydrogen-bond donors (Lipinski definition) is 1.